The Bertz CT molecular complexity index is 7100. The quantitative estimate of drug-likeness (QED) is 0.112. The van der Waals surface area contributed by atoms with Crippen LogP contribution in [0.5, 0.6) is 0 Å². The van der Waals surface area contributed by atoms with Gasteiger partial charge in [0.1, 0.15) is 0 Å². The molecule has 4 heteroatoms. The highest BCUT2D eigenvalue weighted by Crippen LogP contribution is 2.46. The minimum Gasteiger partial charge on any atom is -0.244 e. The minimum atomic E-state index is 0.866. The first-order chi connectivity index (χ1) is 55.5. The third-order valence-corrected chi connectivity index (χ3v) is 23.0. The van der Waals surface area contributed by atoms with Crippen LogP contribution >= 0.6 is 0 Å². The fourth-order valence-corrected chi connectivity index (χ4v) is 17.7. The minimum absolute atomic E-state index is 0.866. The number of hydrogen-bond acceptors (Lipinski definition) is 4. The molecule has 0 bridgehead atoms. The van der Waals surface area contributed by atoms with Gasteiger partial charge in [-0.05, 0) is 189 Å². The van der Waals surface area contributed by atoms with Crippen LogP contribution in [-0.4, -0.2) is 19.9 Å². The predicted octanol–water partition coefficient (Wildman–Crippen LogP) is 29.3. The maximum Gasteiger partial charge on any atom is 0.0979 e. The lowest BCUT2D eigenvalue weighted by Gasteiger charge is -2.16. The van der Waals surface area contributed by atoms with Gasteiger partial charge in [-0.2, -0.15) is 0 Å². The summed E-state index contributed by atoms with van der Waals surface area (Å²) in [6.07, 6.45) is 0. The highest BCUT2D eigenvalue weighted by atomic mass is 14.8. The highest BCUT2D eigenvalue weighted by molar-refractivity contribution is 6.24. The summed E-state index contributed by atoms with van der Waals surface area (Å²) in [5, 5.41) is 26.8. The van der Waals surface area contributed by atoms with Crippen molar-refractivity contribution in [3.63, 3.8) is 0 Å². The Morgan fingerprint density at radius 3 is 0.518 bits per heavy atom. The summed E-state index contributed by atoms with van der Waals surface area (Å²) >= 11 is 0. The average Bonchev–Trinajstić information content (AvgIpc) is 0.748. The maximum atomic E-state index is 5.60. The van der Waals surface area contributed by atoms with Gasteiger partial charge in [-0.3, -0.25) is 0 Å². The van der Waals surface area contributed by atoms with Crippen molar-refractivity contribution in [3.05, 3.63) is 400 Å². The summed E-state index contributed by atoms with van der Waals surface area (Å²) in [6, 6.07) is 144. The number of nitrogens with zero attached hydrogens (tertiary/aromatic N) is 4. The Kier molecular flexibility index (Phi) is 15.2. The van der Waals surface area contributed by atoms with E-state index in [0.29, 0.717) is 0 Å². The van der Waals surface area contributed by atoms with Crippen molar-refractivity contribution in [2.45, 2.75) is 0 Å². The second kappa shape index (κ2) is 26.5. The third kappa shape index (κ3) is 10.9. The van der Waals surface area contributed by atoms with Crippen LogP contribution in [0.1, 0.15) is 0 Å². The van der Waals surface area contributed by atoms with E-state index in [-0.39, 0.29) is 0 Å². The van der Waals surface area contributed by atoms with E-state index in [2.05, 4.69) is 400 Å². The van der Waals surface area contributed by atoms with Crippen LogP contribution in [0.25, 0.3) is 230 Å². The monoisotopic (exact) mass is 1420 g/mol. The molecular weight excluding hydrogens is 1350 g/mol. The zero-order chi connectivity index (χ0) is 73.7. The number of rotatable bonds is 8. The first-order valence-corrected chi connectivity index (χ1v) is 38.4. The van der Waals surface area contributed by atoms with E-state index in [1.165, 1.54) is 141 Å². The molecule has 4 nitrogen and oxygen atoms in total. The second-order valence-electron chi connectivity index (χ2n) is 29.4. The largest absolute Gasteiger partial charge is 0.244 e. The van der Waals surface area contributed by atoms with E-state index in [1.54, 1.807) is 0 Å². The lowest BCUT2D eigenvalue weighted by molar-refractivity contribution is 1.30. The van der Waals surface area contributed by atoms with Gasteiger partial charge in [0, 0.05) is 33.0 Å². The molecule has 0 saturated heterocycles. The molecule has 0 atom stereocenters. The molecule has 0 amide bonds. The topological polar surface area (TPSA) is 51.6 Å². The Morgan fingerprint density at radius 1 is 0.125 bits per heavy atom. The van der Waals surface area contributed by atoms with Crippen LogP contribution < -0.4 is 0 Å². The SMILES string of the molecule is c1ccc2c(-c3ccc(-c4nc5c6ccccc6c6ccccc6c5nc4-c4ccc(-c5c6ccccc6cc6ccccc56)cc4)cc3)c3ccccc3cc2c1.c1ccc2cc3nc(-c4ccc(-c5c6ccccc6cc6ccccc56)cc4)c(-c4ccc(-c5c6ccccc6cc6ccccc56)cc4)nc3cc2c1. The lowest BCUT2D eigenvalue weighted by atomic mass is 9.90. The molecule has 0 saturated carbocycles. The van der Waals surface area contributed by atoms with Gasteiger partial charge in [0.25, 0.3) is 0 Å². The van der Waals surface area contributed by atoms with E-state index >= 15 is 0 Å². The second-order valence-corrected chi connectivity index (χ2v) is 29.4. The van der Waals surface area contributed by atoms with Gasteiger partial charge >= 0.3 is 0 Å². The van der Waals surface area contributed by atoms with Gasteiger partial charge in [-0.1, -0.05) is 364 Å². The molecule has 518 valence electrons. The Balaban J connectivity index is 0.000000138. The zero-order valence-electron chi connectivity index (χ0n) is 60.9. The summed E-state index contributed by atoms with van der Waals surface area (Å²) in [7, 11) is 0. The first-order valence-electron chi connectivity index (χ1n) is 38.4. The fourth-order valence-electron chi connectivity index (χ4n) is 17.7. The average molecular weight is 1420 g/mol. The Labute approximate surface area is 646 Å². The van der Waals surface area contributed by atoms with Crippen molar-refractivity contribution in [1.29, 1.82) is 0 Å². The molecule has 23 aromatic rings. The fraction of sp³-hybridized carbons (Fsp3) is 0. The van der Waals surface area contributed by atoms with Gasteiger partial charge in [0.05, 0.1) is 44.8 Å². The van der Waals surface area contributed by atoms with Crippen LogP contribution in [0.3, 0.4) is 0 Å². The molecule has 0 unspecified atom stereocenters. The van der Waals surface area contributed by atoms with E-state index in [4.69, 9.17) is 19.9 Å². The summed E-state index contributed by atoms with van der Waals surface area (Å²) in [4.78, 5) is 22.0. The van der Waals surface area contributed by atoms with Crippen LogP contribution in [0.15, 0.2) is 400 Å². The molecule has 0 aliphatic heterocycles. The first kappa shape index (κ1) is 64.3. The lowest BCUT2D eigenvalue weighted by Crippen LogP contribution is -1.98. The van der Waals surface area contributed by atoms with Crippen molar-refractivity contribution in [2.75, 3.05) is 0 Å². The van der Waals surface area contributed by atoms with Crippen molar-refractivity contribution < 1.29 is 0 Å². The smallest absolute Gasteiger partial charge is 0.0979 e. The third-order valence-electron chi connectivity index (χ3n) is 23.0. The summed E-state index contributed by atoms with van der Waals surface area (Å²) in [6.45, 7) is 0. The normalized spacial score (nSPS) is 11.8. The van der Waals surface area contributed by atoms with Crippen LogP contribution in [-0.2, 0) is 0 Å². The van der Waals surface area contributed by atoms with E-state index in [0.717, 1.165) is 88.6 Å². The molecular formula is C108H66N4. The van der Waals surface area contributed by atoms with E-state index in [9.17, 15) is 0 Å². The van der Waals surface area contributed by atoms with Crippen LogP contribution in [0.2, 0.25) is 0 Å². The number of aromatic nitrogens is 4. The predicted molar refractivity (Wildman–Crippen MR) is 475 cm³/mol. The Morgan fingerprint density at radius 2 is 0.295 bits per heavy atom. The van der Waals surface area contributed by atoms with Crippen LogP contribution in [0.4, 0.5) is 0 Å². The number of hydrogen-bond donors (Lipinski definition) is 0. The molecule has 0 N–H and O–H groups in total. The Hall–Kier alpha value is -14.8. The van der Waals surface area contributed by atoms with Crippen molar-refractivity contribution in [1.82, 2.24) is 19.9 Å². The summed E-state index contributed by atoms with van der Waals surface area (Å²) < 4.78 is 0. The molecule has 112 heavy (non-hydrogen) atoms. The molecule has 0 fully saturated rings. The van der Waals surface area contributed by atoms with Gasteiger partial charge in [-0.25, -0.2) is 19.9 Å². The van der Waals surface area contributed by atoms with Gasteiger partial charge in [0.15, 0.2) is 0 Å². The number of fused-ring (bicyclic) bond motifs is 16. The molecule has 0 aliphatic carbocycles. The molecule has 2 heterocycles. The number of benzene rings is 21. The molecule has 0 spiro atoms. The molecule has 0 aliphatic rings. The summed E-state index contributed by atoms with van der Waals surface area (Å²) in [5.74, 6) is 0. The standard InChI is InChI=1S/C56H34N2.C52H32N2/c1-5-17-43-39(13-1)33-40-14-2-6-18-44(40)51(43)35-25-29-37(30-26-35)53-54(58-56-50-24-12-10-22-48(50)47-21-9-11-23-49(47)55(56)57-53)38-31-27-36(28-32-38)52-45-19-7-3-15-41(45)34-42-16-4-8-20-46(42)52;1-2-12-38-32-48-47(31-37(38)11-1)53-51(35-25-21-33(22-26-35)49-43-17-7-3-13-39(43)29-40-14-4-8-18-44(40)49)52(54-48)36-27-23-34(24-28-36)50-45-19-9-5-15-41(45)30-42-16-6-10-20-46(42)50/h1-34H;1-32H. The van der Waals surface area contributed by atoms with Crippen molar-refractivity contribution in [2.24, 2.45) is 0 Å². The van der Waals surface area contributed by atoms with Crippen molar-refractivity contribution in [3.8, 4) is 89.5 Å². The van der Waals surface area contributed by atoms with Gasteiger partial charge in [-0.15, -0.1) is 0 Å². The molecule has 0 radical (unpaired) electrons. The van der Waals surface area contributed by atoms with Gasteiger partial charge < -0.3 is 0 Å². The maximum absolute atomic E-state index is 5.60. The van der Waals surface area contributed by atoms with Crippen LogP contribution in [0, 0.1) is 0 Å². The summed E-state index contributed by atoms with van der Waals surface area (Å²) in [5.41, 5.74) is 20.9. The van der Waals surface area contributed by atoms with Gasteiger partial charge in [0.2, 0.25) is 0 Å². The highest BCUT2D eigenvalue weighted by Gasteiger charge is 2.23. The van der Waals surface area contributed by atoms with E-state index < -0.39 is 0 Å². The molecule has 2 aromatic heterocycles. The zero-order valence-corrected chi connectivity index (χ0v) is 60.9. The van der Waals surface area contributed by atoms with Crippen molar-refractivity contribution >= 4 is 141 Å². The van der Waals surface area contributed by atoms with E-state index in [1.807, 2.05) is 0 Å². The molecule has 21 aromatic carbocycles. The molecule has 23 rings (SSSR count).